The summed E-state index contributed by atoms with van der Waals surface area (Å²) in [6.07, 6.45) is 1.42. The third-order valence-corrected chi connectivity index (χ3v) is 4.65. The van der Waals surface area contributed by atoms with Crippen molar-refractivity contribution < 1.29 is 4.92 Å². The largest absolute Gasteiger partial charge is 0.288 e. The molecule has 1 heterocycles. The van der Waals surface area contributed by atoms with Crippen molar-refractivity contribution in [2.45, 2.75) is 0 Å². The highest BCUT2D eigenvalue weighted by Gasteiger charge is 2.14. The molecule has 4 rings (SSSR count). The van der Waals surface area contributed by atoms with E-state index in [1.165, 1.54) is 18.3 Å². The molecule has 0 fully saturated rings. The summed E-state index contributed by atoms with van der Waals surface area (Å²) in [5.41, 5.74) is 6.12. The van der Waals surface area contributed by atoms with Crippen LogP contribution in [0, 0.1) is 10.1 Å². The highest BCUT2D eigenvalue weighted by Crippen LogP contribution is 2.28. The Morgan fingerprint density at radius 2 is 1.55 bits per heavy atom. The summed E-state index contributed by atoms with van der Waals surface area (Å²) >= 11 is 5.83. The molecule has 0 saturated heterocycles. The lowest BCUT2D eigenvalue weighted by Crippen LogP contribution is -2.03. The van der Waals surface area contributed by atoms with Crippen LogP contribution < -0.4 is 5.43 Å². The van der Waals surface area contributed by atoms with Crippen molar-refractivity contribution in [2.24, 2.45) is 5.10 Å². The van der Waals surface area contributed by atoms with E-state index in [-0.39, 0.29) is 16.7 Å². The topological polar surface area (TPSA) is 106 Å². The molecule has 0 unspecified atom stereocenters. The van der Waals surface area contributed by atoms with Gasteiger partial charge in [-0.3, -0.25) is 10.1 Å². The number of nitro groups is 1. The number of hydrogen-bond donors (Lipinski definition) is 1. The van der Waals surface area contributed by atoms with Crippen LogP contribution in [-0.4, -0.2) is 26.3 Å². The van der Waals surface area contributed by atoms with E-state index in [0.717, 1.165) is 11.1 Å². The zero-order valence-corrected chi connectivity index (χ0v) is 16.8. The van der Waals surface area contributed by atoms with Gasteiger partial charge in [0.15, 0.2) is 0 Å². The summed E-state index contributed by atoms with van der Waals surface area (Å²) < 4.78 is 0. The maximum atomic E-state index is 11.0. The van der Waals surface area contributed by atoms with E-state index in [4.69, 9.17) is 11.6 Å². The number of halogens is 1. The van der Waals surface area contributed by atoms with Crippen LogP contribution >= 0.6 is 11.6 Å². The second-order valence-corrected chi connectivity index (χ2v) is 6.81. The minimum absolute atomic E-state index is 0.0617. The third kappa shape index (κ3) is 4.71. The fourth-order valence-electron chi connectivity index (χ4n) is 2.88. The maximum Gasteiger partial charge on any atom is 0.288 e. The monoisotopic (exact) mass is 430 g/mol. The molecule has 0 bridgehead atoms. The quantitative estimate of drug-likeness (QED) is 0.255. The van der Waals surface area contributed by atoms with Gasteiger partial charge >= 0.3 is 0 Å². The summed E-state index contributed by atoms with van der Waals surface area (Å²) in [4.78, 5) is 15.1. The van der Waals surface area contributed by atoms with Gasteiger partial charge in [-0.05, 0) is 6.07 Å². The van der Waals surface area contributed by atoms with Crippen LogP contribution in [-0.2, 0) is 0 Å². The second-order valence-electron chi connectivity index (χ2n) is 6.40. The van der Waals surface area contributed by atoms with Crippen LogP contribution in [0.25, 0.3) is 22.5 Å². The number of anilines is 1. The van der Waals surface area contributed by atoms with Gasteiger partial charge in [-0.1, -0.05) is 78.3 Å². The van der Waals surface area contributed by atoms with Crippen molar-refractivity contribution in [3.8, 4) is 22.5 Å². The average Bonchev–Trinajstić information content (AvgIpc) is 2.81. The van der Waals surface area contributed by atoms with Crippen molar-refractivity contribution in [2.75, 3.05) is 5.43 Å². The molecule has 0 aliphatic carbocycles. The fourth-order valence-corrected chi connectivity index (χ4v) is 3.06. The number of nitro benzene ring substituents is 1. The molecule has 3 aromatic carbocycles. The smallest absolute Gasteiger partial charge is 0.258 e. The van der Waals surface area contributed by atoms with Gasteiger partial charge in [-0.2, -0.15) is 5.10 Å². The molecule has 1 aromatic heterocycles. The Bertz CT molecular complexity index is 1250. The highest BCUT2D eigenvalue weighted by atomic mass is 35.5. The van der Waals surface area contributed by atoms with E-state index in [0.29, 0.717) is 17.0 Å². The summed E-state index contributed by atoms with van der Waals surface area (Å²) in [5.74, 6) is 0.193. The minimum Gasteiger partial charge on any atom is -0.258 e. The van der Waals surface area contributed by atoms with Crippen LogP contribution in [0.1, 0.15) is 5.56 Å². The van der Waals surface area contributed by atoms with E-state index in [9.17, 15) is 10.1 Å². The molecule has 0 spiro atoms. The Hall–Kier alpha value is -4.17. The minimum atomic E-state index is -0.547. The van der Waals surface area contributed by atoms with Crippen LogP contribution in [0.5, 0.6) is 0 Å². The summed E-state index contributed by atoms with van der Waals surface area (Å²) in [7, 11) is 0. The molecule has 152 valence electrons. The van der Waals surface area contributed by atoms with Crippen molar-refractivity contribution in [1.29, 1.82) is 0 Å². The molecule has 0 aliphatic rings. The average molecular weight is 431 g/mol. The lowest BCUT2D eigenvalue weighted by atomic mass is 10.0. The molecule has 9 heteroatoms. The van der Waals surface area contributed by atoms with Gasteiger partial charge in [0.25, 0.3) is 11.6 Å². The molecule has 31 heavy (non-hydrogen) atoms. The lowest BCUT2D eigenvalue weighted by Gasteiger charge is -2.09. The summed E-state index contributed by atoms with van der Waals surface area (Å²) in [5, 5.41) is 23.6. The van der Waals surface area contributed by atoms with E-state index in [1.54, 1.807) is 6.07 Å². The Kier molecular flexibility index (Phi) is 5.91. The maximum absolute atomic E-state index is 11.0. The summed E-state index contributed by atoms with van der Waals surface area (Å²) in [6, 6.07) is 23.7. The van der Waals surface area contributed by atoms with Gasteiger partial charge in [-0.25, -0.2) is 10.4 Å². The van der Waals surface area contributed by atoms with E-state index < -0.39 is 4.92 Å². The predicted molar refractivity (Wildman–Crippen MR) is 120 cm³/mol. The van der Waals surface area contributed by atoms with E-state index in [1.807, 2.05) is 60.7 Å². The predicted octanol–water partition coefficient (Wildman–Crippen LogP) is 5.21. The summed E-state index contributed by atoms with van der Waals surface area (Å²) in [6.45, 7) is 0. The zero-order valence-electron chi connectivity index (χ0n) is 16.0. The molecule has 0 saturated carbocycles. The molecule has 1 N–H and O–H groups in total. The third-order valence-electron chi connectivity index (χ3n) is 4.33. The normalized spacial score (nSPS) is 10.9. The van der Waals surface area contributed by atoms with Gasteiger partial charge < -0.3 is 0 Å². The SMILES string of the molecule is O=[N+]([O-])c1cc(/C=N/Nc2nnc(-c3ccccc3)c(-c3ccccc3)n2)ccc1Cl. The Morgan fingerprint density at radius 3 is 2.19 bits per heavy atom. The fraction of sp³-hybridized carbons (Fsp3) is 0. The number of benzene rings is 3. The number of nitrogens with zero attached hydrogens (tertiary/aromatic N) is 5. The van der Waals surface area contributed by atoms with Crippen LogP contribution in [0.15, 0.2) is 84.0 Å². The van der Waals surface area contributed by atoms with Gasteiger partial charge in [0.05, 0.1) is 11.1 Å². The lowest BCUT2D eigenvalue weighted by molar-refractivity contribution is -0.384. The van der Waals surface area contributed by atoms with Crippen LogP contribution in [0.3, 0.4) is 0 Å². The van der Waals surface area contributed by atoms with Crippen LogP contribution in [0.4, 0.5) is 11.6 Å². The van der Waals surface area contributed by atoms with Crippen molar-refractivity contribution >= 4 is 29.5 Å². The van der Waals surface area contributed by atoms with E-state index in [2.05, 4.69) is 25.7 Å². The number of hydrazone groups is 1. The Balaban J connectivity index is 1.63. The zero-order chi connectivity index (χ0) is 21.6. The van der Waals surface area contributed by atoms with Crippen molar-refractivity contribution in [3.63, 3.8) is 0 Å². The molecule has 0 aliphatic heterocycles. The molecule has 8 nitrogen and oxygen atoms in total. The van der Waals surface area contributed by atoms with Crippen molar-refractivity contribution in [3.05, 3.63) is 99.6 Å². The van der Waals surface area contributed by atoms with Gasteiger partial charge in [0.1, 0.15) is 16.4 Å². The first-order valence-corrected chi connectivity index (χ1v) is 9.58. The second kappa shape index (κ2) is 9.10. The number of hydrogen-bond acceptors (Lipinski definition) is 7. The van der Waals surface area contributed by atoms with Crippen LogP contribution in [0.2, 0.25) is 5.02 Å². The molecular formula is C22H15ClN6O2. The van der Waals surface area contributed by atoms with Crippen molar-refractivity contribution in [1.82, 2.24) is 15.2 Å². The Morgan fingerprint density at radius 1 is 0.903 bits per heavy atom. The molecule has 0 amide bonds. The first-order valence-electron chi connectivity index (χ1n) is 9.20. The molecule has 0 atom stereocenters. The van der Waals surface area contributed by atoms with Gasteiger partial charge in [-0.15, -0.1) is 10.2 Å². The standard InChI is InChI=1S/C22H15ClN6O2/c23-18-12-11-15(13-19(18)29(30)31)14-24-27-22-25-20(16-7-3-1-4-8-16)21(26-28-22)17-9-5-2-6-10-17/h1-14H,(H,25,27,28)/b24-14+. The molecule has 4 aromatic rings. The number of rotatable bonds is 6. The first kappa shape index (κ1) is 20.1. The molecule has 0 radical (unpaired) electrons. The van der Waals surface area contributed by atoms with Gasteiger partial charge in [0, 0.05) is 22.8 Å². The highest BCUT2D eigenvalue weighted by molar-refractivity contribution is 6.32. The first-order chi connectivity index (χ1) is 15.1. The number of aromatic nitrogens is 3. The number of nitrogens with one attached hydrogen (secondary N) is 1. The Labute approximate surface area is 182 Å². The van der Waals surface area contributed by atoms with E-state index >= 15 is 0 Å². The van der Waals surface area contributed by atoms with Gasteiger partial charge in [0.2, 0.25) is 0 Å². The molecular weight excluding hydrogens is 416 g/mol.